The van der Waals surface area contributed by atoms with Crippen LogP contribution in [0.15, 0.2) is 29.8 Å². The van der Waals surface area contributed by atoms with Gasteiger partial charge in [0.1, 0.15) is 0 Å². The number of terminal acetylenes is 1. The van der Waals surface area contributed by atoms with Gasteiger partial charge in [0.2, 0.25) is 0 Å². The lowest BCUT2D eigenvalue weighted by molar-refractivity contribution is 0.276. The molecule has 1 aromatic rings. The van der Waals surface area contributed by atoms with E-state index in [2.05, 4.69) is 63.8 Å². The highest BCUT2D eigenvalue weighted by Crippen LogP contribution is 2.37. The molecule has 0 bridgehead atoms. The molecule has 0 saturated heterocycles. The SMILES string of the molecule is C#CCCCCC#CC(=Cc1ccccc1CO[Si](C)(C)C(C)(C)C)CO. The van der Waals surface area contributed by atoms with Gasteiger partial charge in [0.25, 0.3) is 0 Å². The van der Waals surface area contributed by atoms with Crippen LogP contribution in [0.25, 0.3) is 6.08 Å². The minimum absolute atomic E-state index is 0.0607. The molecule has 0 aromatic heterocycles. The van der Waals surface area contributed by atoms with Gasteiger partial charge in [-0.25, -0.2) is 0 Å². The van der Waals surface area contributed by atoms with Gasteiger partial charge in [-0.1, -0.05) is 56.9 Å². The van der Waals surface area contributed by atoms with E-state index in [0.29, 0.717) is 6.61 Å². The molecule has 0 fully saturated rings. The second-order valence-electron chi connectivity index (χ2n) is 8.29. The highest BCUT2D eigenvalue weighted by Gasteiger charge is 2.37. The van der Waals surface area contributed by atoms with Crippen molar-refractivity contribution < 1.29 is 9.53 Å². The zero-order valence-electron chi connectivity index (χ0n) is 17.6. The van der Waals surface area contributed by atoms with Crippen molar-refractivity contribution in [3.8, 4) is 24.2 Å². The molecular weight excluding hydrogens is 348 g/mol. The van der Waals surface area contributed by atoms with Crippen molar-refractivity contribution in [3.05, 3.63) is 41.0 Å². The first kappa shape index (κ1) is 23.3. The van der Waals surface area contributed by atoms with Crippen molar-refractivity contribution in [3.63, 3.8) is 0 Å². The fourth-order valence-corrected chi connectivity index (χ4v) is 3.16. The topological polar surface area (TPSA) is 29.5 Å². The lowest BCUT2D eigenvalue weighted by Crippen LogP contribution is -2.40. The van der Waals surface area contributed by atoms with E-state index in [0.717, 1.165) is 42.4 Å². The zero-order valence-corrected chi connectivity index (χ0v) is 18.6. The molecule has 0 saturated carbocycles. The Morgan fingerprint density at radius 1 is 1.19 bits per heavy atom. The predicted molar refractivity (Wildman–Crippen MR) is 119 cm³/mol. The molecule has 0 aliphatic rings. The minimum atomic E-state index is -1.81. The molecule has 0 atom stereocenters. The highest BCUT2D eigenvalue weighted by molar-refractivity contribution is 6.74. The third-order valence-corrected chi connectivity index (χ3v) is 9.55. The number of rotatable bonds is 8. The fourth-order valence-electron chi connectivity index (χ4n) is 2.21. The van der Waals surface area contributed by atoms with Crippen LogP contribution in [0.2, 0.25) is 18.1 Å². The molecule has 27 heavy (non-hydrogen) atoms. The molecule has 146 valence electrons. The normalized spacial score (nSPS) is 12.3. The summed E-state index contributed by atoms with van der Waals surface area (Å²) in [5.74, 6) is 8.88. The van der Waals surface area contributed by atoms with Gasteiger partial charge in [0, 0.05) is 18.4 Å². The quantitative estimate of drug-likeness (QED) is 0.351. The number of benzene rings is 1. The van der Waals surface area contributed by atoms with Gasteiger partial charge in [0.05, 0.1) is 13.2 Å². The molecule has 0 heterocycles. The number of hydrogen-bond acceptors (Lipinski definition) is 2. The second-order valence-corrected chi connectivity index (χ2v) is 13.1. The number of unbranched alkanes of at least 4 members (excludes halogenated alkanes) is 3. The minimum Gasteiger partial charge on any atom is -0.413 e. The summed E-state index contributed by atoms with van der Waals surface area (Å²) in [6, 6.07) is 8.16. The van der Waals surface area contributed by atoms with Crippen molar-refractivity contribution in [1.29, 1.82) is 0 Å². The van der Waals surface area contributed by atoms with Gasteiger partial charge in [0.15, 0.2) is 8.32 Å². The number of aliphatic hydroxyl groups excluding tert-OH is 1. The summed E-state index contributed by atoms with van der Waals surface area (Å²) < 4.78 is 6.37. The Morgan fingerprint density at radius 3 is 2.48 bits per heavy atom. The Balaban J connectivity index is 2.86. The molecule has 0 spiro atoms. The number of hydrogen-bond donors (Lipinski definition) is 1. The average molecular weight is 383 g/mol. The van der Waals surface area contributed by atoms with Crippen molar-refractivity contribution >= 4 is 14.4 Å². The van der Waals surface area contributed by atoms with Crippen LogP contribution in [0.3, 0.4) is 0 Å². The molecule has 0 radical (unpaired) electrons. The monoisotopic (exact) mass is 382 g/mol. The van der Waals surface area contributed by atoms with E-state index >= 15 is 0 Å². The van der Waals surface area contributed by atoms with E-state index in [1.54, 1.807) is 0 Å². The Bertz CT molecular complexity index is 721. The molecule has 0 amide bonds. The average Bonchev–Trinajstić information content (AvgIpc) is 2.61. The van der Waals surface area contributed by atoms with E-state index in [4.69, 9.17) is 10.8 Å². The van der Waals surface area contributed by atoms with Crippen LogP contribution in [-0.2, 0) is 11.0 Å². The summed E-state index contributed by atoms with van der Waals surface area (Å²) in [4.78, 5) is 0. The third kappa shape index (κ3) is 8.18. The van der Waals surface area contributed by atoms with Crippen LogP contribution in [0.5, 0.6) is 0 Å². The Morgan fingerprint density at radius 2 is 1.85 bits per heavy atom. The van der Waals surface area contributed by atoms with Crippen molar-refractivity contribution in [1.82, 2.24) is 0 Å². The van der Waals surface area contributed by atoms with Gasteiger partial charge in [-0.05, 0) is 48.2 Å². The maximum Gasteiger partial charge on any atom is 0.192 e. The van der Waals surface area contributed by atoms with E-state index in [1.165, 1.54) is 0 Å². The molecule has 0 unspecified atom stereocenters. The molecule has 1 N–H and O–H groups in total. The van der Waals surface area contributed by atoms with Crippen LogP contribution in [-0.4, -0.2) is 20.0 Å². The second kappa shape index (κ2) is 11.1. The van der Waals surface area contributed by atoms with Gasteiger partial charge in [-0.15, -0.1) is 12.3 Å². The Hall–Kier alpha value is -1.78. The Kier molecular flexibility index (Phi) is 9.60. The summed E-state index contributed by atoms with van der Waals surface area (Å²) >= 11 is 0. The summed E-state index contributed by atoms with van der Waals surface area (Å²) in [5.41, 5.74) is 2.91. The van der Waals surface area contributed by atoms with Crippen LogP contribution >= 0.6 is 0 Å². The summed E-state index contributed by atoms with van der Waals surface area (Å²) in [6.07, 6.45) is 10.8. The molecule has 1 rings (SSSR count). The molecule has 0 aliphatic heterocycles. The first-order chi connectivity index (χ1) is 12.7. The third-order valence-electron chi connectivity index (χ3n) is 5.07. The van der Waals surface area contributed by atoms with Gasteiger partial charge in [-0.2, -0.15) is 0 Å². The van der Waals surface area contributed by atoms with Crippen molar-refractivity contribution in [2.24, 2.45) is 0 Å². The zero-order chi connectivity index (χ0) is 20.3. The largest absolute Gasteiger partial charge is 0.413 e. The van der Waals surface area contributed by atoms with E-state index in [9.17, 15) is 5.11 Å². The van der Waals surface area contributed by atoms with Crippen molar-refractivity contribution in [2.75, 3.05) is 6.61 Å². The molecule has 3 heteroatoms. The smallest absolute Gasteiger partial charge is 0.192 e. The maximum atomic E-state index is 9.66. The van der Waals surface area contributed by atoms with Crippen LogP contribution in [0.1, 0.15) is 57.6 Å². The highest BCUT2D eigenvalue weighted by atomic mass is 28.4. The summed E-state index contributed by atoms with van der Waals surface area (Å²) in [6.45, 7) is 11.8. The lowest BCUT2D eigenvalue weighted by Gasteiger charge is -2.36. The van der Waals surface area contributed by atoms with E-state index in [-0.39, 0.29) is 11.6 Å². The molecule has 2 nitrogen and oxygen atoms in total. The van der Waals surface area contributed by atoms with Crippen molar-refractivity contribution in [2.45, 2.75) is 71.2 Å². The van der Waals surface area contributed by atoms with Crippen LogP contribution in [0.4, 0.5) is 0 Å². The first-order valence-corrected chi connectivity index (χ1v) is 12.6. The van der Waals surface area contributed by atoms with Gasteiger partial charge >= 0.3 is 0 Å². The standard InChI is InChI=1S/C24H34O2Si/c1-7-8-9-10-11-12-15-21(19-25)18-22-16-13-14-17-23(22)20-26-27(5,6)24(2,3)4/h1,13-14,16-18,25H,8-11,19-20H2,2-6H3. The van der Waals surface area contributed by atoms with Crippen LogP contribution in [0, 0.1) is 24.2 Å². The predicted octanol–water partition coefficient (Wildman–Crippen LogP) is 5.78. The lowest BCUT2D eigenvalue weighted by atomic mass is 10.1. The molecule has 1 aromatic carbocycles. The van der Waals surface area contributed by atoms with E-state index < -0.39 is 8.32 Å². The first-order valence-electron chi connectivity index (χ1n) is 9.67. The maximum absolute atomic E-state index is 9.66. The molecule has 0 aliphatic carbocycles. The number of aliphatic hydroxyl groups is 1. The molecular formula is C24H34O2Si. The fraction of sp³-hybridized carbons (Fsp3) is 0.500. The summed E-state index contributed by atoms with van der Waals surface area (Å²) in [7, 11) is -1.81. The van der Waals surface area contributed by atoms with E-state index in [1.807, 2.05) is 18.2 Å². The Labute approximate surface area is 167 Å². The van der Waals surface area contributed by atoms with Gasteiger partial charge in [-0.3, -0.25) is 0 Å². The summed E-state index contributed by atoms with van der Waals surface area (Å²) in [5, 5.41) is 9.84. The van der Waals surface area contributed by atoms with Gasteiger partial charge < -0.3 is 9.53 Å². The van der Waals surface area contributed by atoms with Crippen LogP contribution < -0.4 is 0 Å².